The van der Waals surface area contributed by atoms with Crippen molar-refractivity contribution in [2.75, 3.05) is 0 Å². The molecule has 0 aliphatic heterocycles. The molecule has 2 aromatic heterocycles. The van der Waals surface area contributed by atoms with Gasteiger partial charge in [0.1, 0.15) is 10.7 Å². The second-order valence-electron chi connectivity index (χ2n) is 2.49. The molecule has 2 nitrogen and oxygen atoms in total. The average molecular weight is 243 g/mol. The summed E-state index contributed by atoms with van der Waals surface area (Å²) in [6.45, 7) is 1.92. The first-order chi connectivity index (χ1) is 5.81. The average Bonchev–Trinajstić information content (AvgIpc) is 2.50. The molecule has 2 rings (SSSR count). The molecule has 0 fully saturated rings. The van der Waals surface area contributed by atoms with Gasteiger partial charge in [-0.15, -0.1) is 11.3 Å². The minimum absolute atomic E-state index is 0.795. The van der Waals surface area contributed by atoms with E-state index in [-0.39, 0.29) is 0 Å². The molecule has 0 N–H and O–H groups in total. The fourth-order valence-electron chi connectivity index (χ4n) is 1.14. The number of alkyl halides is 1. The van der Waals surface area contributed by atoms with Gasteiger partial charge in [-0.3, -0.25) is 0 Å². The molecule has 12 heavy (non-hydrogen) atoms. The van der Waals surface area contributed by atoms with Crippen LogP contribution in [0.1, 0.15) is 11.5 Å². The van der Waals surface area contributed by atoms with Crippen LogP contribution in [-0.2, 0) is 5.33 Å². The van der Waals surface area contributed by atoms with Gasteiger partial charge in [-0.2, -0.15) is 0 Å². The van der Waals surface area contributed by atoms with E-state index in [0.29, 0.717) is 0 Å². The number of thiophene rings is 1. The molecule has 0 saturated heterocycles. The minimum Gasteiger partial charge on any atom is -0.237 e. The summed E-state index contributed by atoms with van der Waals surface area (Å²) in [4.78, 5) is 9.75. The molecule has 0 unspecified atom stereocenters. The first-order valence-electron chi connectivity index (χ1n) is 3.58. The zero-order chi connectivity index (χ0) is 8.55. The number of fused-ring (bicyclic) bond motifs is 1. The van der Waals surface area contributed by atoms with Crippen molar-refractivity contribution >= 4 is 37.5 Å². The van der Waals surface area contributed by atoms with Crippen LogP contribution >= 0.6 is 27.3 Å². The van der Waals surface area contributed by atoms with Crippen molar-refractivity contribution in [2.45, 2.75) is 12.3 Å². The number of hydrogen-bond donors (Lipinski definition) is 0. The number of rotatable bonds is 1. The lowest BCUT2D eigenvalue weighted by atomic mass is 10.3. The smallest absolute Gasteiger partial charge is 0.127 e. The lowest BCUT2D eigenvalue weighted by Gasteiger charge is -1.98. The van der Waals surface area contributed by atoms with Crippen LogP contribution in [-0.4, -0.2) is 9.97 Å². The maximum atomic E-state index is 4.34. The highest BCUT2D eigenvalue weighted by Gasteiger charge is 2.04. The van der Waals surface area contributed by atoms with Gasteiger partial charge in [0.2, 0.25) is 0 Å². The van der Waals surface area contributed by atoms with E-state index in [9.17, 15) is 0 Å². The zero-order valence-corrected chi connectivity index (χ0v) is 8.94. The second-order valence-corrected chi connectivity index (χ2v) is 3.95. The van der Waals surface area contributed by atoms with Gasteiger partial charge in [-0.05, 0) is 18.4 Å². The Balaban J connectivity index is 2.80. The van der Waals surface area contributed by atoms with E-state index in [1.807, 2.05) is 12.3 Å². The zero-order valence-electron chi connectivity index (χ0n) is 6.54. The molecule has 0 saturated carbocycles. The Morgan fingerprint density at radius 3 is 3.08 bits per heavy atom. The maximum Gasteiger partial charge on any atom is 0.127 e. The van der Waals surface area contributed by atoms with E-state index in [1.54, 1.807) is 11.3 Å². The molecule has 62 valence electrons. The Hall–Kier alpha value is -0.480. The van der Waals surface area contributed by atoms with Gasteiger partial charge >= 0.3 is 0 Å². The summed E-state index contributed by atoms with van der Waals surface area (Å²) in [5, 5.41) is 4.01. The number of nitrogens with zero attached hydrogens (tertiary/aromatic N) is 2. The molecular weight excluding hydrogens is 236 g/mol. The lowest BCUT2D eigenvalue weighted by molar-refractivity contribution is 1.05. The Kier molecular flexibility index (Phi) is 2.11. The summed E-state index contributed by atoms with van der Waals surface area (Å²) < 4.78 is 0. The highest BCUT2D eigenvalue weighted by Crippen LogP contribution is 2.22. The van der Waals surface area contributed by atoms with Crippen LogP contribution in [0, 0.1) is 6.92 Å². The van der Waals surface area contributed by atoms with Gasteiger partial charge in [0.15, 0.2) is 0 Å². The van der Waals surface area contributed by atoms with Gasteiger partial charge in [-0.25, -0.2) is 9.97 Å². The van der Waals surface area contributed by atoms with Crippen LogP contribution in [0.15, 0.2) is 11.4 Å². The van der Waals surface area contributed by atoms with Crippen molar-refractivity contribution in [3.05, 3.63) is 23.0 Å². The van der Waals surface area contributed by atoms with Crippen LogP contribution < -0.4 is 0 Å². The molecule has 0 amide bonds. The number of halogens is 1. The van der Waals surface area contributed by atoms with Gasteiger partial charge in [0, 0.05) is 10.7 Å². The van der Waals surface area contributed by atoms with Gasteiger partial charge in [-0.1, -0.05) is 15.9 Å². The molecule has 0 aromatic carbocycles. The fraction of sp³-hybridized carbons (Fsp3) is 0.250. The molecular formula is C8H7BrN2S. The van der Waals surface area contributed by atoms with Crippen molar-refractivity contribution in [1.82, 2.24) is 9.97 Å². The van der Waals surface area contributed by atoms with Crippen molar-refractivity contribution < 1.29 is 0 Å². The molecule has 0 aliphatic carbocycles. The van der Waals surface area contributed by atoms with Crippen LogP contribution in [0.2, 0.25) is 0 Å². The van der Waals surface area contributed by atoms with Crippen LogP contribution in [0.3, 0.4) is 0 Å². The Bertz CT molecular complexity index is 410. The topological polar surface area (TPSA) is 25.8 Å². The monoisotopic (exact) mass is 242 g/mol. The van der Waals surface area contributed by atoms with E-state index >= 15 is 0 Å². The quantitative estimate of drug-likeness (QED) is 0.719. The van der Waals surface area contributed by atoms with Crippen molar-refractivity contribution in [3.63, 3.8) is 0 Å². The highest BCUT2D eigenvalue weighted by molar-refractivity contribution is 9.08. The van der Waals surface area contributed by atoms with E-state index in [1.165, 1.54) is 5.39 Å². The van der Waals surface area contributed by atoms with E-state index in [0.717, 1.165) is 21.7 Å². The third-order valence-electron chi connectivity index (χ3n) is 1.64. The van der Waals surface area contributed by atoms with Gasteiger partial charge < -0.3 is 0 Å². The normalized spacial score (nSPS) is 10.8. The standard InChI is InChI=1S/C8H7BrN2S/c1-5-10-7(4-9)6-2-3-12-8(6)11-5/h2-3H,4H2,1H3. The van der Waals surface area contributed by atoms with E-state index in [2.05, 4.69) is 32.0 Å². The summed E-state index contributed by atoms with van der Waals surface area (Å²) in [5.74, 6) is 0.847. The Labute approximate surface area is 82.8 Å². The van der Waals surface area contributed by atoms with E-state index in [4.69, 9.17) is 0 Å². The molecule has 4 heteroatoms. The number of hydrogen-bond acceptors (Lipinski definition) is 3. The highest BCUT2D eigenvalue weighted by atomic mass is 79.9. The molecule has 0 aliphatic rings. The summed E-state index contributed by atoms with van der Waals surface area (Å²) in [5.41, 5.74) is 1.08. The molecule has 0 atom stereocenters. The SMILES string of the molecule is Cc1nc(CBr)c2ccsc2n1. The minimum atomic E-state index is 0.795. The fourth-order valence-corrected chi connectivity index (χ4v) is 2.39. The second kappa shape index (κ2) is 3.11. The third-order valence-corrected chi connectivity index (χ3v) is 2.98. The summed E-state index contributed by atoms with van der Waals surface area (Å²) in [6, 6.07) is 2.07. The predicted octanol–water partition coefficient (Wildman–Crippen LogP) is 2.89. The van der Waals surface area contributed by atoms with Crippen LogP contribution in [0.4, 0.5) is 0 Å². The third kappa shape index (κ3) is 1.25. The van der Waals surface area contributed by atoms with Gasteiger partial charge in [0.05, 0.1) is 5.69 Å². The number of aryl methyl sites for hydroxylation is 1. The van der Waals surface area contributed by atoms with Crippen molar-refractivity contribution in [1.29, 1.82) is 0 Å². The van der Waals surface area contributed by atoms with Crippen LogP contribution in [0.5, 0.6) is 0 Å². The van der Waals surface area contributed by atoms with Gasteiger partial charge in [0.25, 0.3) is 0 Å². The lowest BCUT2D eigenvalue weighted by Crippen LogP contribution is -1.92. The van der Waals surface area contributed by atoms with Crippen molar-refractivity contribution in [3.8, 4) is 0 Å². The molecule has 0 radical (unpaired) electrons. The predicted molar refractivity (Wildman–Crippen MR) is 54.8 cm³/mol. The number of aromatic nitrogens is 2. The van der Waals surface area contributed by atoms with Crippen molar-refractivity contribution in [2.24, 2.45) is 0 Å². The Morgan fingerprint density at radius 1 is 1.50 bits per heavy atom. The summed E-state index contributed by atoms with van der Waals surface area (Å²) >= 11 is 5.07. The molecule has 2 aromatic rings. The Morgan fingerprint density at radius 2 is 2.33 bits per heavy atom. The first-order valence-corrected chi connectivity index (χ1v) is 5.58. The first kappa shape index (κ1) is 8.13. The summed E-state index contributed by atoms with van der Waals surface area (Å²) in [7, 11) is 0. The molecule has 0 spiro atoms. The molecule has 0 bridgehead atoms. The largest absolute Gasteiger partial charge is 0.237 e. The van der Waals surface area contributed by atoms with Crippen LogP contribution in [0.25, 0.3) is 10.2 Å². The molecule has 2 heterocycles. The maximum absolute atomic E-state index is 4.34. The van der Waals surface area contributed by atoms with E-state index < -0.39 is 0 Å². The summed E-state index contributed by atoms with van der Waals surface area (Å²) in [6.07, 6.45) is 0.